The number of sulfonamides is 1. The molecule has 2 heterocycles. The van der Waals surface area contributed by atoms with E-state index in [2.05, 4.69) is 20.3 Å². The normalized spacial score (nSPS) is 15.2. The summed E-state index contributed by atoms with van der Waals surface area (Å²) in [6.45, 7) is 5.81. The van der Waals surface area contributed by atoms with E-state index in [1.807, 2.05) is 26.8 Å². The Morgan fingerprint density at radius 1 is 1.15 bits per heavy atom. The molecular formula is C25H28N4O7S3. The van der Waals surface area contributed by atoms with Crippen molar-refractivity contribution < 1.29 is 32.2 Å². The number of methoxy groups -OCH3 is 2. The van der Waals surface area contributed by atoms with Gasteiger partial charge in [0.1, 0.15) is 11.5 Å². The van der Waals surface area contributed by atoms with E-state index in [1.165, 1.54) is 30.7 Å². The highest BCUT2D eigenvalue weighted by Gasteiger charge is 2.38. The minimum atomic E-state index is -4.07. The zero-order valence-corrected chi connectivity index (χ0v) is 24.4. The van der Waals surface area contributed by atoms with Crippen molar-refractivity contribution in [3.05, 3.63) is 48.0 Å². The number of amides is 1. The average molecular weight is 593 g/mol. The van der Waals surface area contributed by atoms with E-state index in [0.717, 1.165) is 28.7 Å². The monoisotopic (exact) mass is 592 g/mol. The van der Waals surface area contributed by atoms with Gasteiger partial charge >= 0.3 is 5.97 Å². The molecule has 2 aromatic carbocycles. The van der Waals surface area contributed by atoms with Crippen molar-refractivity contribution in [1.82, 2.24) is 10.2 Å². The lowest BCUT2D eigenvalue weighted by molar-refractivity contribution is -0.137. The van der Waals surface area contributed by atoms with Gasteiger partial charge in [0.25, 0.3) is 15.9 Å². The van der Waals surface area contributed by atoms with Crippen LogP contribution in [-0.2, 0) is 29.8 Å². The number of fused-ring (bicyclic) bond motifs is 1. The first-order valence-electron chi connectivity index (χ1n) is 11.7. The molecule has 39 heavy (non-hydrogen) atoms. The molecule has 1 aromatic heterocycles. The number of anilines is 2. The van der Waals surface area contributed by atoms with Crippen molar-refractivity contribution in [3.63, 3.8) is 0 Å². The second-order valence-corrected chi connectivity index (χ2v) is 13.5. The number of aromatic nitrogens is 2. The number of carbonyl (C=O) groups excluding carboxylic acids is 2. The molecule has 0 aliphatic carbocycles. The van der Waals surface area contributed by atoms with Gasteiger partial charge in [-0.1, -0.05) is 49.9 Å². The van der Waals surface area contributed by atoms with Crippen LogP contribution in [0.15, 0.2) is 51.7 Å². The van der Waals surface area contributed by atoms with Crippen LogP contribution in [0.2, 0.25) is 0 Å². The number of esters is 1. The molecule has 1 aliphatic heterocycles. The van der Waals surface area contributed by atoms with E-state index in [9.17, 15) is 18.0 Å². The number of rotatable bonds is 8. The van der Waals surface area contributed by atoms with Crippen molar-refractivity contribution in [1.29, 1.82) is 0 Å². The fraction of sp³-hybridized carbons (Fsp3) is 0.360. The number of thioether (sulfide) groups is 1. The predicted molar refractivity (Wildman–Crippen MR) is 148 cm³/mol. The first-order valence-corrected chi connectivity index (χ1v) is 15.0. The molecule has 3 aromatic rings. The summed E-state index contributed by atoms with van der Waals surface area (Å²) in [6, 6.07) is 11.4. The van der Waals surface area contributed by atoms with Gasteiger partial charge < -0.3 is 14.2 Å². The predicted octanol–water partition coefficient (Wildman–Crippen LogP) is 3.70. The smallest absolute Gasteiger partial charge is 0.316 e. The van der Waals surface area contributed by atoms with Crippen molar-refractivity contribution in [2.45, 2.75) is 41.5 Å². The molecule has 208 valence electrons. The number of nitrogens with zero attached hydrogens (tertiary/aromatic N) is 3. The number of carbonyl (C=O) groups is 2. The van der Waals surface area contributed by atoms with Crippen molar-refractivity contribution in [2.24, 2.45) is 0 Å². The largest absolute Gasteiger partial charge is 0.497 e. The van der Waals surface area contributed by atoms with Crippen LogP contribution >= 0.6 is 23.1 Å². The molecule has 14 heteroatoms. The number of nitrogens with one attached hydrogen (secondary N) is 1. The Kier molecular flexibility index (Phi) is 8.37. The van der Waals surface area contributed by atoms with Crippen LogP contribution < -0.4 is 19.1 Å². The molecule has 0 fully saturated rings. The van der Waals surface area contributed by atoms with E-state index in [-0.39, 0.29) is 33.5 Å². The minimum Gasteiger partial charge on any atom is -0.497 e. The molecule has 4 rings (SSSR count). The lowest BCUT2D eigenvalue weighted by Gasteiger charge is -2.35. The van der Waals surface area contributed by atoms with Gasteiger partial charge in [0, 0.05) is 0 Å². The highest BCUT2D eigenvalue weighted by molar-refractivity contribution is 8.01. The Morgan fingerprint density at radius 3 is 2.51 bits per heavy atom. The summed E-state index contributed by atoms with van der Waals surface area (Å²) in [5.41, 5.74) is 1.01. The second kappa shape index (κ2) is 11.4. The summed E-state index contributed by atoms with van der Waals surface area (Å²) in [5, 5.41) is 10.7. The van der Waals surface area contributed by atoms with Crippen LogP contribution in [0, 0.1) is 0 Å². The summed E-state index contributed by atoms with van der Waals surface area (Å²) in [4.78, 5) is 24.6. The maximum absolute atomic E-state index is 13.8. The SMILES string of the molecule is COC(=O)CSc1nnc(NC(=O)[C@@H]2CN(S(=O)(=O)c3ccc(OC)cc3)c3cc(C(C)(C)C)ccc3O2)s1. The molecule has 0 spiro atoms. The van der Waals surface area contributed by atoms with Crippen molar-refractivity contribution in [2.75, 3.05) is 36.1 Å². The Morgan fingerprint density at radius 2 is 1.87 bits per heavy atom. The minimum absolute atomic E-state index is 0.0489. The standard InChI is InChI=1S/C25H28N4O7S3/c1-25(2,3)15-6-11-19-18(12-15)29(39(32,33)17-9-7-16(34-4)8-10-17)13-20(36-19)22(31)26-23-27-28-24(38-23)37-14-21(30)35-5/h6-12,20H,13-14H2,1-5H3,(H,26,27,31)/t20-/m0/s1. The van der Waals surface area contributed by atoms with Gasteiger partial charge in [0.05, 0.1) is 37.1 Å². The maximum atomic E-state index is 13.8. The Bertz CT molecular complexity index is 1470. The summed E-state index contributed by atoms with van der Waals surface area (Å²) >= 11 is 2.20. The van der Waals surface area contributed by atoms with Crippen LogP contribution in [0.4, 0.5) is 10.8 Å². The van der Waals surface area contributed by atoms with Crippen molar-refractivity contribution in [3.8, 4) is 11.5 Å². The molecule has 0 radical (unpaired) electrons. The van der Waals surface area contributed by atoms with E-state index in [4.69, 9.17) is 9.47 Å². The summed E-state index contributed by atoms with van der Waals surface area (Å²) in [7, 11) is -1.28. The molecule has 1 aliphatic rings. The highest BCUT2D eigenvalue weighted by atomic mass is 32.2. The molecule has 1 atom stereocenters. The van der Waals surface area contributed by atoms with Crippen LogP contribution in [0.1, 0.15) is 26.3 Å². The first-order chi connectivity index (χ1) is 18.4. The molecule has 0 saturated heterocycles. The third-order valence-electron chi connectivity index (χ3n) is 5.81. The molecule has 0 bridgehead atoms. The van der Waals surface area contributed by atoms with Crippen LogP contribution in [0.25, 0.3) is 0 Å². The third kappa shape index (κ3) is 6.45. The number of hydrogen-bond donors (Lipinski definition) is 1. The maximum Gasteiger partial charge on any atom is 0.316 e. The van der Waals surface area contributed by atoms with Gasteiger partial charge in [-0.05, 0) is 47.4 Å². The average Bonchev–Trinajstić information content (AvgIpc) is 3.37. The quantitative estimate of drug-likeness (QED) is 0.234. The molecule has 1 N–H and O–H groups in total. The zero-order chi connectivity index (χ0) is 28.4. The van der Waals surface area contributed by atoms with E-state index >= 15 is 0 Å². The Hall–Kier alpha value is -3.36. The Balaban J connectivity index is 1.63. The fourth-order valence-corrected chi connectivity index (χ4v) is 6.70. The van der Waals surface area contributed by atoms with Crippen LogP contribution in [0.3, 0.4) is 0 Å². The summed E-state index contributed by atoms with van der Waals surface area (Å²) in [5.74, 6) is -0.169. The van der Waals surface area contributed by atoms with E-state index in [0.29, 0.717) is 15.8 Å². The van der Waals surface area contributed by atoms with Crippen LogP contribution in [0.5, 0.6) is 11.5 Å². The highest BCUT2D eigenvalue weighted by Crippen LogP contribution is 2.40. The van der Waals surface area contributed by atoms with Gasteiger partial charge in [-0.25, -0.2) is 8.42 Å². The lowest BCUT2D eigenvalue weighted by Crippen LogP contribution is -2.49. The summed E-state index contributed by atoms with van der Waals surface area (Å²) in [6.07, 6.45) is -1.17. The van der Waals surface area contributed by atoms with E-state index < -0.39 is 28.0 Å². The number of benzene rings is 2. The van der Waals surface area contributed by atoms with Gasteiger partial charge in [-0.2, -0.15) is 0 Å². The molecule has 0 saturated carbocycles. The second-order valence-electron chi connectivity index (χ2n) is 9.48. The van der Waals surface area contributed by atoms with Gasteiger partial charge in [0.15, 0.2) is 10.4 Å². The third-order valence-corrected chi connectivity index (χ3v) is 9.55. The summed E-state index contributed by atoms with van der Waals surface area (Å²) < 4.78 is 45.1. The topological polar surface area (TPSA) is 137 Å². The molecule has 0 unspecified atom stereocenters. The lowest BCUT2D eigenvalue weighted by atomic mass is 9.86. The van der Waals surface area contributed by atoms with Gasteiger partial charge in [0.2, 0.25) is 5.13 Å². The van der Waals surface area contributed by atoms with Gasteiger partial charge in [-0.3, -0.25) is 19.2 Å². The molecular weight excluding hydrogens is 564 g/mol. The molecule has 11 nitrogen and oxygen atoms in total. The molecule has 1 amide bonds. The van der Waals surface area contributed by atoms with Crippen LogP contribution in [-0.4, -0.2) is 63.1 Å². The first kappa shape index (κ1) is 28.6. The fourth-order valence-electron chi connectivity index (χ4n) is 3.64. The van der Waals surface area contributed by atoms with Crippen molar-refractivity contribution >= 4 is 55.8 Å². The Labute approximate surface area is 234 Å². The van der Waals surface area contributed by atoms with Gasteiger partial charge in [-0.15, -0.1) is 10.2 Å². The number of ether oxygens (including phenoxy) is 3. The number of hydrogen-bond acceptors (Lipinski definition) is 11. The zero-order valence-electron chi connectivity index (χ0n) is 22.0. The van der Waals surface area contributed by atoms with E-state index in [1.54, 1.807) is 24.3 Å².